The Morgan fingerprint density at radius 3 is 2.61 bits per heavy atom. The zero-order valence-corrected chi connectivity index (χ0v) is 13.3. The van der Waals surface area contributed by atoms with Gasteiger partial charge in [0.2, 0.25) is 5.13 Å². The number of carbonyl (C=O) groups excluding carboxylic acids is 1. The van der Waals surface area contributed by atoms with Crippen molar-refractivity contribution in [3.8, 4) is 6.07 Å². The summed E-state index contributed by atoms with van der Waals surface area (Å²) in [6.45, 7) is 3.84. The van der Waals surface area contributed by atoms with E-state index >= 15 is 0 Å². The first-order valence-electron chi connectivity index (χ1n) is 7.28. The van der Waals surface area contributed by atoms with E-state index in [9.17, 15) is 4.79 Å². The van der Waals surface area contributed by atoms with Gasteiger partial charge in [-0.25, -0.2) is 4.79 Å². The zero-order chi connectivity index (χ0) is 16.1. The number of aromatic nitrogens is 2. The van der Waals surface area contributed by atoms with Crippen molar-refractivity contribution in [3.63, 3.8) is 0 Å². The van der Waals surface area contributed by atoms with Crippen molar-refractivity contribution in [1.82, 2.24) is 20.0 Å². The van der Waals surface area contributed by atoms with Crippen LogP contribution in [0.25, 0.3) is 0 Å². The van der Waals surface area contributed by atoms with Gasteiger partial charge in [-0.3, -0.25) is 10.2 Å². The Balaban J connectivity index is 1.48. The minimum Gasteiger partial charge on any atom is -0.322 e. The number of amides is 2. The highest BCUT2D eigenvalue weighted by Crippen LogP contribution is 2.12. The van der Waals surface area contributed by atoms with E-state index in [0.717, 1.165) is 19.6 Å². The molecule has 2 amide bonds. The van der Waals surface area contributed by atoms with Gasteiger partial charge in [-0.1, -0.05) is 23.5 Å². The molecule has 1 aromatic carbocycles. The predicted octanol–water partition coefficient (Wildman–Crippen LogP) is 1.76. The molecule has 3 rings (SSSR count). The Labute approximate surface area is 138 Å². The van der Waals surface area contributed by atoms with Crippen LogP contribution in [0, 0.1) is 11.3 Å². The van der Waals surface area contributed by atoms with Crippen molar-refractivity contribution in [2.24, 2.45) is 0 Å². The molecule has 0 bridgehead atoms. The van der Waals surface area contributed by atoms with E-state index in [1.54, 1.807) is 10.4 Å². The topological polar surface area (TPSA) is 85.2 Å². The van der Waals surface area contributed by atoms with Crippen molar-refractivity contribution < 1.29 is 4.79 Å². The van der Waals surface area contributed by atoms with E-state index in [2.05, 4.69) is 26.5 Å². The van der Waals surface area contributed by atoms with Gasteiger partial charge in [-0.2, -0.15) is 5.26 Å². The van der Waals surface area contributed by atoms with Crippen LogP contribution >= 0.6 is 11.3 Å². The summed E-state index contributed by atoms with van der Waals surface area (Å²) in [5.41, 5.74) is 3.44. The highest BCUT2D eigenvalue weighted by atomic mass is 32.1. The maximum absolute atomic E-state index is 12.1. The minimum atomic E-state index is -0.125. The van der Waals surface area contributed by atoms with Gasteiger partial charge in [0.15, 0.2) is 0 Å². The van der Waals surface area contributed by atoms with Gasteiger partial charge in [-0.05, 0) is 17.7 Å². The molecular formula is C15H16N6OS. The van der Waals surface area contributed by atoms with Gasteiger partial charge in [0.25, 0.3) is 0 Å². The summed E-state index contributed by atoms with van der Waals surface area (Å²) in [6.07, 6.45) is 0. The lowest BCUT2D eigenvalue weighted by atomic mass is 10.1. The van der Waals surface area contributed by atoms with Crippen LogP contribution in [0.3, 0.4) is 0 Å². The van der Waals surface area contributed by atoms with Crippen molar-refractivity contribution in [2.75, 3.05) is 31.5 Å². The van der Waals surface area contributed by atoms with Crippen molar-refractivity contribution >= 4 is 22.5 Å². The Bertz CT molecular complexity index is 686. The predicted molar refractivity (Wildman–Crippen MR) is 86.9 cm³/mol. The van der Waals surface area contributed by atoms with E-state index < -0.39 is 0 Å². The fourth-order valence-corrected chi connectivity index (χ4v) is 2.88. The summed E-state index contributed by atoms with van der Waals surface area (Å²) in [5.74, 6) is 0. The van der Waals surface area contributed by atoms with Crippen LogP contribution in [0.2, 0.25) is 0 Å². The molecule has 118 valence electrons. The van der Waals surface area contributed by atoms with Crippen LogP contribution in [0.1, 0.15) is 11.1 Å². The number of nitrogens with one attached hydrogen (secondary N) is 1. The fourth-order valence-electron chi connectivity index (χ4n) is 2.45. The van der Waals surface area contributed by atoms with E-state index in [1.165, 1.54) is 16.9 Å². The third-order valence-corrected chi connectivity index (χ3v) is 4.33. The molecule has 0 unspecified atom stereocenters. The molecule has 8 heteroatoms. The Morgan fingerprint density at radius 1 is 1.26 bits per heavy atom. The number of hydrogen-bond acceptors (Lipinski definition) is 6. The Hall–Kier alpha value is -2.50. The number of carbonyl (C=O) groups is 1. The molecule has 1 aliphatic rings. The first kappa shape index (κ1) is 15.4. The van der Waals surface area contributed by atoms with E-state index in [4.69, 9.17) is 5.26 Å². The molecule has 1 aromatic heterocycles. The summed E-state index contributed by atoms with van der Waals surface area (Å²) in [6, 6.07) is 9.62. The summed E-state index contributed by atoms with van der Waals surface area (Å²) in [5, 5.41) is 19.6. The van der Waals surface area contributed by atoms with Crippen molar-refractivity contribution in [3.05, 3.63) is 40.9 Å². The maximum Gasteiger partial charge on any atom is 0.323 e. The average Bonchev–Trinajstić information content (AvgIpc) is 3.09. The first-order chi connectivity index (χ1) is 11.2. The van der Waals surface area contributed by atoms with Gasteiger partial charge in [-0.15, -0.1) is 10.2 Å². The van der Waals surface area contributed by atoms with Gasteiger partial charge in [0.05, 0.1) is 11.6 Å². The third kappa shape index (κ3) is 4.03. The van der Waals surface area contributed by atoms with Gasteiger partial charge >= 0.3 is 6.03 Å². The number of nitriles is 1. The quantitative estimate of drug-likeness (QED) is 0.928. The highest BCUT2D eigenvalue weighted by Gasteiger charge is 2.21. The number of hydrogen-bond donors (Lipinski definition) is 1. The summed E-state index contributed by atoms with van der Waals surface area (Å²) >= 11 is 1.31. The number of anilines is 1. The smallest absolute Gasteiger partial charge is 0.322 e. The molecule has 2 aromatic rings. The number of benzene rings is 1. The second-order valence-corrected chi connectivity index (χ2v) is 6.08. The van der Waals surface area contributed by atoms with E-state index in [1.807, 2.05) is 24.3 Å². The molecule has 23 heavy (non-hydrogen) atoms. The van der Waals surface area contributed by atoms with Gasteiger partial charge in [0, 0.05) is 32.7 Å². The summed E-state index contributed by atoms with van der Waals surface area (Å²) in [7, 11) is 0. The number of nitrogens with zero attached hydrogens (tertiary/aromatic N) is 5. The Morgan fingerprint density at radius 2 is 2.00 bits per heavy atom. The maximum atomic E-state index is 12.1. The van der Waals surface area contributed by atoms with E-state index in [0.29, 0.717) is 23.8 Å². The molecule has 0 radical (unpaired) electrons. The molecule has 0 spiro atoms. The van der Waals surface area contributed by atoms with Gasteiger partial charge < -0.3 is 4.90 Å². The number of piperazine rings is 1. The standard InChI is InChI=1S/C15H16N6OS/c16-9-12-1-3-13(4-2-12)10-20-5-7-21(8-6-20)15(22)18-14-19-17-11-23-14/h1-4,11H,5-8,10H2,(H,18,19,22). The van der Waals surface area contributed by atoms with Crippen LogP contribution < -0.4 is 5.32 Å². The average molecular weight is 328 g/mol. The molecule has 2 heterocycles. The van der Waals surface area contributed by atoms with Crippen molar-refractivity contribution in [2.45, 2.75) is 6.54 Å². The summed E-state index contributed by atoms with van der Waals surface area (Å²) < 4.78 is 0. The molecular weight excluding hydrogens is 312 g/mol. The normalized spacial score (nSPS) is 15.2. The molecule has 0 saturated carbocycles. The summed E-state index contributed by atoms with van der Waals surface area (Å²) in [4.78, 5) is 16.2. The molecule has 1 N–H and O–H groups in total. The third-order valence-electron chi connectivity index (χ3n) is 3.72. The highest BCUT2D eigenvalue weighted by molar-refractivity contribution is 7.13. The number of rotatable bonds is 3. The second kappa shape index (κ2) is 7.17. The molecule has 0 atom stereocenters. The second-order valence-electron chi connectivity index (χ2n) is 5.25. The van der Waals surface area contributed by atoms with Crippen LogP contribution in [0.15, 0.2) is 29.8 Å². The lowest BCUT2D eigenvalue weighted by molar-refractivity contribution is 0.143. The van der Waals surface area contributed by atoms with Crippen LogP contribution in [-0.2, 0) is 6.54 Å². The van der Waals surface area contributed by atoms with Crippen molar-refractivity contribution in [1.29, 1.82) is 5.26 Å². The van der Waals surface area contributed by atoms with Crippen LogP contribution in [0.5, 0.6) is 0 Å². The lowest BCUT2D eigenvalue weighted by Gasteiger charge is -2.34. The fraction of sp³-hybridized carbons (Fsp3) is 0.333. The van der Waals surface area contributed by atoms with Gasteiger partial charge in [0.1, 0.15) is 5.51 Å². The molecule has 1 aliphatic heterocycles. The van der Waals surface area contributed by atoms with Crippen LogP contribution in [-0.4, -0.2) is 52.2 Å². The molecule has 1 fully saturated rings. The number of urea groups is 1. The molecule has 0 aliphatic carbocycles. The monoisotopic (exact) mass is 328 g/mol. The largest absolute Gasteiger partial charge is 0.323 e. The minimum absolute atomic E-state index is 0.125. The lowest BCUT2D eigenvalue weighted by Crippen LogP contribution is -2.49. The van der Waals surface area contributed by atoms with E-state index in [-0.39, 0.29) is 6.03 Å². The SMILES string of the molecule is N#Cc1ccc(CN2CCN(C(=O)Nc3nncs3)CC2)cc1. The molecule has 7 nitrogen and oxygen atoms in total. The first-order valence-corrected chi connectivity index (χ1v) is 8.16. The Kier molecular flexibility index (Phi) is 4.80. The van der Waals surface area contributed by atoms with Crippen LogP contribution in [0.4, 0.5) is 9.93 Å². The zero-order valence-electron chi connectivity index (χ0n) is 12.5. The molecule has 1 saturated heterocycles.